The molecule has 0 fully saturated rings. The van der Waals surface area contributed by atoms with Crippen LogP contribution in [0.25, 0.3) is 0 Å². The van der Waals surface area contributed by atoms with Crippen molar-refractivity contribution in [3.05, 3.63) is 71.8 Å². The number of benzene rings is 3. The second kappa shape index (κ2) is 13.9. The first-order valence-electron chi connectivity index (χ1n) is 12.5. The molecule has 0 aromatic heterocycles. The fourth-order valence-electron chi connectivity index (χ4n) is 3.70. The molecule has 0 saturated heterocycles. The third kappa shape index (κ3) is 8.77. The minimum Gasteiger partial charge on any atom is -0.497 e. The fourth-order valence-corrected chi connectivity index (χ4v) is 3.70. The summed E-state index contributed by atoms with van der Waals surface area (Å²) < 4.78 is 21.4. The molecule has 0 bridgehead atoms. The summed E-state index contributed by atoms with van der Waals surface area (Å²) >= 11 is 0. The van der Waals surface area contributed by atoms with E-state index in [2.05, 4.69) is 36.6 Å². The van der Waals surface area contributed by atoms with Crippen LogP contribution in [0.4, 0.5) is 11.4 Å². The van der Waals surface area contributed by atoms with Crippen LogP contribution in [0, 0.1) is 6.92 Å². The molecule has 0 atom stereocenters. The highest BCUT2D eigenvalue weighted by atomic mass is 16.5. The van der Waals surface area contributed by atoms with E-state index in [1.54, 1.807) is 42.5 Å². The van der Waals surface area contributed by atoms with Gasteiger partial charge in [-0.2, -0.15) is 0 Å². The lowest BCUT2D eigenvalue weighted by atomic mass is 10.0. The van der Waals surface area contributed by atoms with Gasteiger partial charge in [-0.3, -0.25) is 14.4 Å². The maximum Gasteiger partial charge on any atom is 0.306 e. The lowest BCUT2D eigenvalue weighted by Crippen LogP contribution is -2.22. The third-order valence-corrected chi connectivity index (χ3v) is 5.76. The number of hydrogen-bond acceptors (Lipinski definition) is 7. The van der Waals surface area contributed by atoms with Crippen molar-refractivity contribution in [2.24, 2.45) is 0 Å². The minimum atomic E-state index is -0.666. The number of ether oxygens (including phenoxy) is 4. The van der Waals surface area contributed by atoms with Crippen LogP contribution in [-0.4, -0.2) is 38.6 Å². The molecule has 0 aliphatic heterocycles. The van der Waals surface area contributed by atoms with Gasteiger partial charge in [-0.1, -0.05) is 26.0 Å². The van der Waals surface area contributed by atoms with Gasteiger partial charge in [-0.15, -0.1) is 0 Å². The van der Waals surface area contributed by atoms with Crippen molar-refractivity contribution in [2.75, 3.05) is 31.5 Å². The Balaban J connectivity index is 1.43. The summed E-state index contributed by atoms with van der Waals surface area (Å²) in [6, 6.07) is 18.1. The van der Waals surface area contributed by atoms with Crippen LogP contribution in [0.5, 0.6) is 23.0 Å². The van der Waals surface area contributed by atoms with E-state index in [9.17, 15) is 14.4 Å². The zero-order valence-electron chi connectivity index (χ0n) is 22.8. The molecule has 3 aromatic carbocycles. The highest BCUT2D eigenvalue weighted by Gasteiger charge is 2.14. The quantitative estimate of drug-likeness (QED) is 0.281. The van der Waals surface area contributed by atoms with E-state index in [0.29, 0.717) is 34.5 Å². The fraction of sp³-hybridized carbons (Fsp3) is 0.300. The van der Waals surface area contributed by atoms with Crippen molar-refractivity contribution < 1.29 is 33.3 Å². The first-order chi connectivity index (χ1) is 18.7. The van der Waals surface area contributed by atoms with Crippen LogP contribution >= 0.6 is 0 Å². The number of methoxy groups -OCH3 is 2. The molecule has 3 aromatic rings. The van der Waals surface area contributed by atoms with Gasteiger partial charge in [0.25, 0.3) is 5.91 Å². The van der Waals surface area contributed by atoms with E-state index in [1.165, 1.54) is 14.2 Å². The molecule has 0 aliphatic carbocycles. The molecule has 0 unspecified atom stereocenters. The van der Waals surface area contributed by atoms with Gasteiger partial charge in [0.2, 0.25) is 5.91 Å². The maximum absolute atomic E-state index is 12.3. The second-order valence-electron chi connectivity index (χ2n) is 9.15. The Hall–Kier alpha value is -4.53. The molecule has 0 heterocycles. The van der Waals surface area contributed by atoms with E-state index in [1.807, 2.05) is 13.0 Å². The number of esters is 1. The molecule has 2 amide bonds. The largest absolute Gasteiger partial charge is 0.497 e. The zero-order chi connectivity index (χ0) is 28.4. The van der Waals surface area contributed by atoms with Gasteiger partial charge >= 0.3 is 5.97 Å². The van der Waals surface area contributed by atoms with Crippen LogP contribution in [0.3, 0.4) is 0 Å². The van der Waals surface area contributed by atoms with E-state index in [0.717, 1.165) is 16.9 Å². The Kier molecular flexibility index (Phi) is 10.3. The van der Waals surface area contributed by atoms with Crippen molar-refractivity contribution in [3.63, 3.8) is 0 Å². The molecule has 9 nitrogen and oxygen atoms in total. The highest BCUT2D eigenvalue weighted by Crippen LogP contribution is 2.32. The number of carbonyl (C=O) groups is 3. The van der Waals surface area contributed by atoms with Crippen LogP contribution in [-0.2, 0) is 19.1 Å². The molecular formula is C30H34N2O7. The summed E-state index contributed by atoms with van der Waals surface area (Å²) in [7, 11) is 2.97. The second-order valence-corrected chi connectivity index (χ2v) is 9.15. The van der Waals surface area contributed by atoms with Crippen molar-refractivity contribution in [3.8, 4) is 23.0 Å². The Morgan fingerprint density at radius 2 is 1.49 bits per heavy atom. The normalized spacial score (nSPS) is 10.5. The van der Waals surface area contributed by atoms with Crippen molar-refractivity contribution >= 4 is 29.2 Å². The third-order valence-electron chi connectivity index (χ3n) is 5.76. The van der Waals surface area contributed by atoms with Crippen LogP contribution < -0.4 is 24.8 Å². The van der Waals surface area contributed by atoms with Crippen LogP contribution in [0.1, 0.15) is 43.7 Å². The lowest BCUT2D eigenvalue weighted by Gasteiger charge is -2.15. The summed E-state index contributed by atoms with van der Waals surface area (Å²) in [4.78, 5) is 36.6. The standard InChI is InChI=1S/C30H34N2O7/c1-19(2)24-12-6-20(3)16-27(24)39-22-9-7-21(8-10-22)31-28(33)14-15-30(35)38-18-29(34)32-25-17-23(36-4)11-13-26(25)37-5/h6-13,16-17,19H,14-15,18H2,1-5H3,(H,31,33)(H,32,34). The van der Waals surface area contributed by atoms with Gasteiger partial charge in [0.1, 0.15) is 23.0 Å². The average molecular weight is 535 g/mol. The molecule has 0 radical (unpaired) electrons. The van der Waals surface area contributed by atoms with Crippen LogP contribution in [0.2, 0.25) is 0 Å². The van der Waals surface area contributed by atoms with Crippen molar-refractivity contribution in [1.29, 1.82) is 0 Å². The lowest BCUT2D eigenvalue weighted by molar-refractivity contribution is -0.147. The number of nitrogens with one attached hydrogen (secondary N) is 2. The number of amides is 2. The highest BCUT2D eigenvalue weighted by molar-refractivity contribution is 5.95. The predicted molar refractivity (Wildman–Crippen MR) is 149 cm³/mol. The first-order valence-corrected chi connectivity index (χ1v) is 12.5. The maximum atomic E-state index is 12.3. The summed E-state index contributed by atoms with van der Waals surface area (Å²) in [6.45, 7) is 5.74. The average Bonchev–Trinajstić information content (AvgIpc) is 2.91. The van der Waals surface area contributed by atoms with Gasteiger partial charge in [0, 0.05) is 18.2 Å². The van der Waals surface area contributed by atoms with Crippen molar-refractivity contribution in [1.82, 2.24) is 0 Å². The van der Waals surface area contributed by atoms with Gasteiger partial charge in [0.05, 0.1) is 26.3 Å². The van der Waals surface area contributed by atoms with E-state index < -0.39 is 18.5 Å². The topological polar surface area (TPSA) is 112 Å². The minimum absolute atomic E-state index is 0.0938. The number of carbonyl (C=O) groups excluding carboxylic acids is 3. The molecular weight excluding hydrogens is 500 g/mol. The number of aryl methyl sites for hydroxylation is 1. The first kappa shape index (κ1) is 29.0. The number of rotatable bonds is 12. The molecule has 9 heteroatoms. The van der Waals surface area contributed by atoms with Gasteiger partial charge in [0.15, 0.2) is 6.61 Å². The van der Waals surface area contributed by atoms with Gasteiger partial charge in [-0.25, -0.2) is 0 Å². The monoisotopic (exact) mass is 534 g/mol. The summed E-state index contributed by atoms with van der Waals surface area (Å²) in [6.07, 6.45) is -0.266. The smallest absolute Gasteiger partial charge is 0.306 e. The number of anilines is 2. The molecule has 0 aliphatic rings. The SMILES string of the molecule is COc1ccc(OC)c(NC(=O)COC(=O)CCC(=O)Nc2ccc(Oc3cc(C)ccc3C(C)C)cc2)c1. The van der Waals surface area contributed by atoms with E-state index >= 15 is 0 Å². The molecule has 0 spiro atoms. The Morgan fingerprint density at radius 1 is 0.769 bits per heavy atom. The molecule has 3 rings (SSSR count). The Labute approximate surface area is 228 Å². The van der Waals surface area contributed by atoms with Gasteiger partial charge in [-0.05, 0) is 66.4 Å². The summed E-state index contributed by atoms with van der Waals surface area (Å²) in [5.74, 6) is 1.16. The van der Waals surface area contributed by atoms with Gasteiger partial charge < -0.3 is 29.6 Å². The molecule has 2 N–H and O–H groups in total. The zero-order valence-corrected chi connectivity index (χ0v) is 22.8. The molecule has 39 heavy (non-hydrogen) atoms. The van der Waals surface area contributed by atoms with E-state index in [4.69, 9.17) is 18.9 Å². The Bertz CT molecular complexity index is 1300. The predicted octanol–water partition coefficient (Wildman–Crippen LogP) is 5.83. The van der Waals surface area contributed by atoms with E-state index in [-0.39, 0.29) is 18.7 Å². The molecule has 0 saturated carbocycles. The molecule has 206 valence electrons. The van der Waals surface area contributed by atoms with Crippen LogP contribution in [0.15, 0.2) is 60.7 Å². The Morgan fingerprint density at radius 3 is 2.15 bits per heavy atom. The summed E-state index contributed by atoms with van der Waals surface area (Å²) in [5.41, 5.74) is 3.17. The van der Waals surface area contributed by atoms with Crippen molar-refractivity contribution in [2.45, 2.75) is 39.5 Å². The summed E-state index contributed by atoms with van der Waals surface area (Å²) in [5, 5.41) is 5.35. The number of hydrogen-bond donors (Lipinski definition) is 2.